The number of fused-ring (bicyclic) bond motifs is 2. The molecule has 0 saturated carbocycles. The van der Waals surface area contributed by atoms with E-state index in [9.17, 15) is 4.79 Å². The van der Waals surface area contributed by atoms with Crippen molar-refractivity contribution >= 4 is 10.9 Å². The van der Waals surface area contributed by atoms with Crippen LogP contribution in [0.2, 0.25) is 0 Å². The van der Waals surface area contributed by atoms with Gasteiger partial charge in [-0.05, 0) is 46.7 Å². The number of tetrazole rings is 1. The van der Waals surface area contributed by atoms with E-state index in [2.05, 4.69) is 32.3 Å². The van der Waals surface area contributed by atoms with Crippen LogP contribution >= 0.6 is 0 Å². The van der Waals surface area contributed by atoms with Crippen molar-refractivity contribution in [2.75, 3.05) is 34.0 Å². The molecule has 1 N–H and O–H groups in total. The van der Waals surface area contributed by atoms with Crippen LogP contribution in [0.5, 0.6) is 17.2 Å². The Labute approximate surface area is 220 Å². The summed E-state index contributed by atoms with van der Waals surface area (Å²) in [4.78, 5) is 18.5. The molecular weight excluding hydrogens is 488 g/mol. The van der Waals surface area contributed by atoms with Crippen LogP contribution in [-0.4, -0.2) is 64.1 Å². The number of rotatable bonds is 11. The summed E-state index contributed by atoms with van der Waals surface area (Å²) >= 11 is 0. The minimum absolute atomic E-state index is 0.140. The topological polar surface area (TPSA) is 117 Å². The molecule has 0 aliphatic carbocycles. The van der Waals surface area contributed by atoms with Gasteiger partial charge in [0.1, 0.15) is 19.0 Å². The molecule has 4 aromatic rings. The van der Waals surface area contributed by atoms with Gasteiger partial charge in [0.25, 0.3) is 5.56 Å². The van der Waals surface area contributed by atoms with Gasteiger partial charge < -0.3 is 23.9 Å². The molecule has 38 heavy (non-hydrogen) atoms. The second-order valence-electron chi connectivity index (χ2n) is 9.14. The Hall–Kier alpha value is -3.96. The molecule has 11 nitrogen and oxygen atoms in total. The average Bonchev–Trinajstić information content (AvgIpc) is 3.40. The van der Waals surface area contributed by atoms with Crippen LogP contribution < -0.4 is 19.8 Å². The summed E-state index contributed by atoms with van der Waals surface area (Å²) in [5, 5.41) is 13.4. The quantitative estimate of drug-likeness (QED) is 0.318. The van der Waals surface area contributed by atoms with E-state index in [1.165, 1.54) is 0 Å². The third-order valence-corrected chi connectivity index (χ3v) is 6.69. The van der Waals surface area contributed by atoms with Crippen molar-refractivity contribution in [2.24, 2.45) is 0 Å². The van der Waals surface area contributed by atoms with Gasteiger partial charge >= 0.3 is 0 Å². The minimum atomic E-state index is -0.150. The van der Waals surface area contributed by atoms with Gasteiger partial charge in [-0.15, -0.1) is 5.10 Å². The first-order valence-corrected chi connectivity index (χ1v) is 12.7. The van der Waals surface area contributed by atoms with Crippen LogP contribution in [0.3, 0.4) is 0 Å². The summed E-state index contributed by atoms with van der Waals surface area (Å²) in [5.74, 6) is 2.84. The number of nitrogens with one attached hydrogen (secondary N) is 1. The van der Waals surface area contributed by atoms with E-state index in [0.717, 1.165) is 28.9 Å². The highest BCUT2D eigenvalue weighted by atomic mass is 16.6. The molecule has 1 aliphatic rings. The summed E-state index contributed by atoms with van der Waals surface area (Å²) in [6.45, 7) is 5.08. The zero-order chi connectivity index (χ0) is 26.5. The number of aromatic amines is 1. The average molecular weight is 521 g/mol. The molecule has 1 atom stereocenters. The predicted octanol–water partition coefficient (Wildman–Crippen LogP) is 3.09. The highest BCUT2D eigenvalue weighted by molar-refractivity contribution is 5.83. The molecule has 5 rings (SSSR count). The predicted molar refractivity (Wildman–Crippen MR) is 141 cm³/mol. The first kappa shape index (κ1) is 25.7. The number of H-pyrrole nitrogens is 1. The van der Waals surface area contributed by atoms with Crippen molar-refractivity contribution in [3.63, 3.8) is 0 Å². The lowest BCUT2D eigenvalue weighted by Gasteiger charge is -2.30. The van der Waals surface area contributed by atoms with E-state index < -0.39 is 0 Å². The molecule has 3 heterocycles. The van der Waals surface area contributed by atoms with Crippen molar-refractivity contribution in [1.29, 1.82) is 0 Å². The monoisotopic (exact) mass is 520 g/mol. The first-order chi connectivity index (χ1) is 18.6. The van der Waals surface area contributed by atoms with E-state index in [0.29, 0.717) is 62.0 Å². The van der Waals surface area contributed by atoms with Gasteiger partial charge in [0, 0.05) is 37.2 Å². The van der Waals surface area contributed by atoms with Crippen molar-refractivity contribution in [3.05, 3.63) is 69.8 Å². The third-order valence-electron chi connectivity index (χ3n) is 6.69. The van der Waals surface area contributed by atoms with Crippen molar-refractivity contribution in [1.82, 2.24) is 30.1 Å². The molecule has 0 fully saturated rings. The van der Waals surface area contributed by atoms with Crippen molar-refractivity contribution in [3.8, 4) is 17.2 Å². The summed E-state index contributed by atoms with van der Waals surface area (Å²) in [6.07, 6.45) is 0.744. The highest BCUT2D eigenvalue weighted by Crippen LogP contribution is 2.34. The molecule has 2 aromatic heterocycles. The minimum Gasteiger partial charge on any atom is -0.497 e. The molecule has 0 spiro atoms. The Morgan fingerprint density at radius 1 is 1.08 bits per heavy atom. The Morgan fingerprint density at radius 3 is 2.55 bits per heavy atom. The Kier molecular flexibility index (Phi) is 7.85. The second-order valence-corrected chi connectivity index (χ2v) is 9.14. The van der Waals surface area contributed by atoms with Crippen molar-refractivity contribution < 1.29 is 18.9 Å². The molecule has 0 radical (unpaired) electrons. The fourth-order valence-electron chi connectivity index (χ4n) is 4.76. The third kappa shape index (κ3) is 5.48. The van der Waals surface area contributed by atoms with Crippen LogP contribution in [0.25, 0.3) is 10.9 Å². The zero-order valence-electron chi connectivity index (χ0n) is 21.8. The van der Waals surface area contributed by atoms with E-state index in [4.69, 9.17) is 18.9 Å². The van der Waals surface area contributed by atoms with E-state index in [1.54, 1.807) is 18.9 Å². The van der Waals surface area contributed by atoms with Crippen molar-refractivity contribution in [2.45, 2.75) is 39.0 Å². The second kappa shape index (κ2) is 11.6. The zero-order valence-corrected chi connectivity index (χ0v) is 21.8. The molecule has 11 heteroatoms. The van der Waals surface area contributed by atoms with Crippen LogP contribution in [0, 0.1) is 0 Å². The number of hydrogen-bond donors (Lipinski definition) is 1. The van der Waals surface area contributed by atoms with Gasteiger partial charge in [-0.1, -0.05) is 19.1 Å². The lowest BCUT2D eigenvalue weighted by atomic mass is 10.1. The summed E-state index contributed by atoms with van der Waals surface area (Å²) in [6, 6.07) is 13.5. The Bertz CT molecular complexity index is 1430. The van der Waals surface area contributed by atoms with Crippen LogP contribution in [-0.2, 0) is 24.4 Å². The number of nitrogens with zero attached hydrogens (tertiary/aromatic N) is 5. The molecule has 0 unspecified atom stereocenters. The first-order valence-electron chi connectivity index (χ1n) is 12.7. The molecule has 2 aromatic carbocycles. The number of methoxy groups -OCH3 is 2. The van der Waals surface area contributed by atoms with E-state index in [-0.39, 0.29) is 11.6 Å². The maximum Gasteiger partial charge on any atom is 0.252 e. The Morgan fingerprint density at radius 2 is 1.84 bits per heavy atom. The standard InChI is InChI=1S/C27H32N6O5/c1-4-23(26-29-30-31-33(26)9-10-35-2)32(16-18-5-7-21(36-3)8-6-18)17-20-13-19-14-24-25(38-12-11-37-24)15-22(19)28-27(20)34/h5-8,13-15,23H,4,9-12,16-17H2,1-3H3,(H,28,34)/t23-/m1/s1. The Balaban J connectivity index is 1.51. The lowest BCUT2D eigenvalue weighted by molar-refractivity contribution is 0.150. The van der Waals surface area contributed by atoms with Gasteiger partial charge in [0.05, 0.1) is 31.8 Å². The SMILES string of the molecule is CC[C@H](c1nnnn1CCOC)N(Cc1ccc(OC)cc1)Cc1cc2cc3c(cc2[nH]c1=O)OCCO3. The van der Waals surface area contributed by atoms with Gasteiger partial charge in [-0.2, -0.15) is 0 Å². The highest BCUT2D eigenvalue weighted by Gasteiger charge is 2.26. The molecule has 1 aliphatic heterocycles. The molecule has 0 saturated heterocycles. The van der Waals surface area contributed by atoms with Gasteiger partial charge in [0.15, 0.2) is 17.3 Å². The summed E-state index contributed by atoms with van der Waals surface area (Å²) < 4.78 is 23.8. The fourth-order valence-corrected chi connectivity index (χ4v) is 4.76. The number of ether oxygens (including phenoxy) is 4. The molecule has 0 bridgehead atoms. The van der Waals surface area contributed by atoms with Gasteiger partial charge in [0.2, 0.25) is 0 Å². The molecule has 200 valence electrons. The van der Waals surface area contributed by atoms with Crippen LogP contribution in [0.4, 0.5) is 0 Å². The number of pyridine rings is 1. The van der Waals surface area contributed by atoms with E-state index in [1.807, 2.05) is 42.5 Å². The summed E-state index contributed by atoms with van der Waals surface area (Å²) in [5.41, 5.74) is 2.28. The summed E-state index contributed by atoms with van der Waals surface area (Å²) in [7, 11) is 3.30. The normalized spacial score (nSPS) is 13.7. The number of hydrogen-bond acceptors (Lipinski definition) is 9. The van der Waals surface area contributed by atoms with Gasteiger partial charge in [-0.25, -0.2) is 4.68 Å². The maximum absolute atomic E-state index is 13.2. The number of benzene rings is 2. The van der Waals surface area contributed by atoms with E-state index >= 15 is 0 Å². The maximum atomic E-state index is 13.2. The fraction of sp³-hybridized carbons (Fsp3) is 0.407. The van der Waals surface area contributed by atoms with Gasteiger partial charge in [-0.3, -0.25) is 9.69 Å². The molecular formula is C27H32N6O5. The largest absolute Gasteiger partial charge is 0.497 e. The lowest BCUT2D eigenvalue weighted by Crippen LogP contribution is -2.32. The number of aromatic nitrogens is 5. The molecule has 0 amide bonds. The van der Waals surface area contributed by atoms with Crippen LogP contribution in [0.1, 0.15) is 36.3 Å². The van der Waals surface area contributed by atoms with Crippen LogP contribution in [0.15, 0.2) is 47.3 Å². The smallest absolute Gasteiger partial charge is 0.252 e.